The first-order chi connectivity index (χ1) is 6.72. The molecule has 0 aromatic heterocycles. The molecule has 0 spiro atoms. The fourth-order valence-electron chi connectivity index (χ4n) is 1.54. The van der Waals surface area contributed by atoms with Crippen molar-refractivity contribution in [1.82, 2.24) is 0 Å². The monoisotopic (exact) mass is 192 g/mol. The largest absolute Gasteiger partial charge is 0.393 e. The fraction of sp³-hybridized carbons (Fsp3) is 0.538. The maximum atomic E-state index is 9.70. The van der Waals surface area contributed by atoms with Crippen LogP contribution in [0.2, 0.25) is 0 Å². The van der Waals surface area contributed by atoms with Crippen molar-refractivity contribution < 1.29 is 5.11 Å². The van der Waals surface area contributed by atoms with Crippen LogP contribution >= 0.6 is 0 Å². The van der Waals surface area contributed by atoms with Crippen molar-refractivity contribution in [1.29, 1.82) is 0 Å². The molecule has 0 amide bonds. The lowest BCUT2D eigenvalue weighted by molar-refractivity contribution is 0.162. The molecule has 0 saturated heterocycles. The summed E-state index contributed by atoms with van der Waals surface area (Å²) >= 11 is 0. The molecule has 1 aromatic rings. The Labute approximate surface area is 86.8 Å². The van der Waals surface area contributed by atoms with Crippen molar-refractivity contribution >= 4 is 0 Å². The standard InChI is InChI=1S/C13H20O/c1-3-4-5-13(14)10-12-8-6-11(2)7-9-12/h6-9,13-14H,3-5,10H2,1-2H3/t13-/m1/s1. The SMILES string of the molecule is CCCC[C@@H](O)Cc1ccc(C)cc1. The number of benzene rings is 1. The predicted molar refractivity (Wildman–Crippen MR) is 60.4 cm³/mol. The first-order valence-electron chi connectivity index (χ1n) is 5.46. The third-order valence-electron chi connectivity index (χ3n) is 2.48. The van der Waals surface area contributed by atoms with Crippen molar-refractivity contribution in [2.45, 2.75) is 45.6 Å². The van der Waals surface area contributed by atoms with Crippen LogP contribution in [-0.4, -0.2) is 11.2 Å². The zero-order valence-electron chi connectivity index (χ0n) is 9.16. The summed E-state index contributed by atoms with van der Waals surface area (Å²) in [6, 6.07) is 8.40. The smallest absolute Gasteiger partial charge is 0.0580 e. The van der Waals surface area contributed by atoms with Gasteiger partial charge in [-0.25, -0.2) is 0 Å². The summed E-state index contributed by atoms with van der Waals surface area (Å²) < 4.78 is 0. The molecule has 78 valence electrons. The van der Waals surface area contributed by atoms with Gasteiger partial charge in [-0.15, -0.1) is 0 Å². The third kappa shape index (κ3) is 3.93. The Morgan fingerprint density at radius 1 is 1.21 bits per heavy atom. The molecular formula is C13H20O. The molecule has 0 unspecified atom stereocenters. The van der Waals surface area contributed by atoms with Gasteiger partial charge in [0.15, 0.2) is 0 Å². The minimum absolute atomic E-state index is 0.169. The lowest BCUT2D eigenvalue weighted by atomic mass is 10.0. The van der Waals surface area contributed by atoms with E-state index in [2.05, 4.69) is 38.1 Å². The molecule has 0 bridgehead atoms. The highest BCUT2D eigenvalue weighted by Crippen LogP contribution is 2.09. The van der Waals surface area contributed by atoms with E-state index in [4.69, 9.17) is 0 Å². The molecular weight excluding hydrogens is 172 g/mol. The van der Waals surface area contributed by atoms with E-state index in [-0.39, 0.29) is 6.10 Å². The molecule has 0 fully saturated rings. The molecule has 14 heavy (non-hydrogen) atoms. The molecule has 0 aliphatic rings. The second-order valence-electron chi connectivity index (χ2n) is 3.99. The maximum absolute atomic E-state index is 9.70. The highest BCUT2D eigenvalue weighted by Gasteiger charge is 2.04. The van der Waals surface area contributed by atoms with Gasteiger partial charge >= 0.3 is 0 Å². The van der Waals surface area contributed by atoms with Crippen LogP contribution in [0.1, 0.15) is 37.3 Å². The van der Waals surface area contributed by atoms with Gasteiger partial charge in [0.1, 0.15) is 0 Å². The van der Waals surface area contributed by atoms with E-state index in [0.29, 0.717) is 0 Å². The van der Waals surface area contributed by atoms with Crippen LogP contribution in [0.15, 0.2) is 24.3 Å². The lowest BCUT2D eigenvalue weighted by Crippen LogP contribution is -2.09. The molecule has 1 nitrogen and oxygen atoms in total. The van der Waals surface area contributed by atoms with Crippen molar-refractivity contribution in [2.75, 3.05) is 0 Å². The van der Waals surface area contributed by atoms with Gasteiger partial charge in [-0.2, -0.15) is 0 Å². The van der Waals surface area contributed by atoms with E-state index in [9.17, 15) is 5.11 Å². The predicted octanol–water partition coefficient (Wildman–Crippen LogP) is 3.09. The highest BCUT2D eigenvalue weighted by atomic mass is 16.3. The zero-order chi connectivity index (χ0) is 10.4. The van der Waals surface area contributed by atoms with Gasteiger partial charge in [0.25, 0.3) is 0 Å². The van der Waals surface area contributed by atoms with Crippen LogP contribution in [0.25, 0.3) is 0 Å². The number of hydrogen-bond donors (Lipinski definition) is 1. The summed E-state index contributed by atoms with van der Waals surface area (Å²) in [5.41, 5.74) is 2.51. The van der Waals surface area contributed by atoms with Crippen LogP contribution in [0.3, 0.4) is 0 Å². The Kier molecular flexibility index (Phi) is 4.68. The summed E-state index contributed by atoms with van der Waals surface area (Å²) in [4.78, 5) is 0. The summed E-state index contributed by atoms with van der Waals surface area (Å²) in [6.45, 7) is 4.23. The van der Waals surface area contributed by atoms with Gasteiger partial charge in [-0.05, 0) is 25.3 Å². The number of aliphatic hydroxyl groups is 1. The van der Waals surface area contributed by atoms with E-state index in [1.54, 1.807) is 0 Å². The molecule has 0 heterocycles. The summed E-state index contributed by atoms with van der Waals surface area (Å²) in [5.74, 6) is 0. The second-order valence-corrected chi connectivity index (χ2v) is 3.99. The quantitative estimate of drug-likeness (QED) is 0.760. The summed E-state index contributed by atoms with van der Waals surface area (Å²) in [6.07, 6.45) is 3.82. The Bertz CT molecular complexity index is 250. The Hall–Kier alpha value is -0.820. The maximum Gasteiger partial charge on any atom is 0.0580 e. The molecule has 0 saturated carbocycles. The number of unbranched alkanes of at least 4 members (excludes halogenated alkanes) is 1. The zero-order valence-corrected chi connectivity index (χ0v) is 9.16. The highest BCUT2D eigenvalue weighted by molar-refractivity contribution is 5.21. The first-order valence-corrected chi connectivity index (χ1v) is 5.46. The summed E-state index contributed by atoms with van der Waals surface area (Å²) in [5, 5.41) is 9.70. The Morgan fingerprint density at radius 2 is 1.86 bits per heavy atom. The normalized spacial score (nSPS) is 12.8. The van der Waals surface area contributed by atoms with Crippen LogP contribution in [0.4, 0.5) is 0 Å². The van der Waals surface area contributed by atoms with Crippen molar-refractivity contribution in [3.05, 3.63) is 35.4 Å². The average molecular weight is 192 g/mol. The van der Waals surface area contributed by atoms with E-state index in [1.807, 2.05) is 0 Å². The van der Waals surface area contributed by atoms with E-state index in [1.165, 1.54) is 11.1 Å². The van der Waals surface area contributed by atoms with Gasteiger partial charge in [0.2, 0.25) is 0 Å². The van der Waals surface area contributed by atoms with Gasteiger partial charge in [0.05, 0.1) is 6.10 Å². The number of hydrogen-bond acceptors (Lipinski definition) is 1. The fourth-order valence-corrected chi connectivity index (χ4v) is 1.54. The van der Waals surface area contributed by atoms with Crippen LogP contribution in [-0.2, 0) is 6.42 Å². The molecule has 1 heteroatoms. The van der Waals surface area contributed by atoms with Crippen LogP contribution in [0, 0.1) is 6.92 Å². The van der Waals surface area contributed by atoms with Gasteiger partial charge in [-0.3, -0.25) is 0 Å². The second kappa shape index (κ2) is 5.82. The van der Waals surface area contributed by atoms with Crippen molar-refractivity contribution in [3.8, 4) is 0 Å². The minimum Gasteiger partial charge on any atom is -0.393 e. The van der Waals surface area contributed by atoms with Crippen molar-refractivity contribution in [3.63, 3.8) is 0 Å². The molecule has 0 aliphatic carbocycles. The van der Waals surface area contributed by atoms with Gasteiger partial charge < -0.3 is 5.11 Å². The third-order valence-corrected chi connectivity index (χ3v) is 2.48. The van der Waals surface area contributed by atoms with E-state index in [0.717, 1.165) is 25.7 Å². The Morgan fingerprint density at radius 3 is 2.43 bits per heavy atom. The average Bonchev–Trinajstić information content (AvgIpc) is 2.18. The van der Waals surface area contributed by atoms with E-state index >= 15 is 0 Å². The first kappa shape index (κ1) is 11.3. The summed E-state index contributed by atoms with van der Waals surface area (Å²) in [7, 11) is 0. The molecule has 0 aliphatic heterocycles. The molecule has 1 rings (SSSR count). The van der Waals surface area contributed by atoms with Gasteiger partial charge in [0, 0.05) is 0 Å². The number of rotatable bonds is 5. The number of aryl methyl sites for hydroxylation is 1. The molecule has 0 radical (unpaired) electrons. The topological polar surface area (TPSA) is 20.2 Å². The molecule has 1 N–H and O–H groups in total. The van der Waals surface area contributed by atoms with Gasteiger partial charge in [-0.1, -0.05) is 49.6 Å². The minimum atomic E-state index is -0.169. The lowest BCUT2D eigenvalue weighted by Gasteiger charge is -2.09. The van der Waals surface area contributed by atoms with Crippen LogP contribution in [0.5, 0.6) is 0 Å². The Balaban J connectivity index is 2.39. The van der Waals surface area contributed by atoms with E-state index < -0.39 is 0 Å². The molecule has 1 aromatic carbocycles. The molecule has 1 atom stereocenters. The number of aliphatic hydroxyl groups excluding tert-OH is 1. The van der Waals surface area contributed by atoms with Crippen LogP contribution < -0.4 is 0 Å². The van der Waals surface area contributed by atoms with Crippen molar-refractivity contribution in [2.24, 2.45) is 0 Å².